The van der Waals surface area contributed by atoms with E-state index in [0.717, 1.165) is 43.9 Å². The Labute approximate surface area is 143 Å². The molecule has 4 heteroatoms. The maximum Gasteiger partial charge on any atom is 0.120 e. The smallest absolute Gasteiger partial charge is 0.120 e. The molecule has 1 heterocycles. The molecule has 4 nitrogen and oxygen atoms in total. The molecule has 24 heavy (non-hydrogen) atoms. The number of phenolic OH excluding ortho intramolecular Hbond substituents is 1. The molecule has 0 bridgehead atoms. The highest BCUT2D eigenvalue weighted by molar-refractivity contribution is 5.32. The molecule has 0 aromatic heterocycles. The van der Waals surface area contributed by atoms with Crippen molar-refractivity contribution >= 4 is 0 Å². The molecule has 1 unspecified atom stereocenters. The summed E-state index contributed by atoms with van der Waals surface area (Å²) < 4.78 is 11.0. The Morgan fingerprint density at radius 2 is 1.92 bits per heavy atom. The Morgan fingerprint density at radius 3 is 2.58 bits per heavy atom. The Bertz CT molecular complexity index is 636. The third-order valence-corrected chi connectivity index (χ3v) is 4.44. The molecule has 1 N–H and O–H groups in total. The van der Waals surface area contributed by atoms with Crippen LogP contribution in [0.3, 0.4) is 0 Å². The quantitative estimate of drug-likeness (QED) is 0.844. The summed E-state index contributed by atoms with van der Waals surface area (Å²) in [5.74, 6) is 1.22. The van der Waals surface area contributed by atoms with Gasteiger partial charge in [-0.05, 0) is 36.6 Å². The third-order valence-electron chi connectivity index (χ3n) is 4.44. The van der Waals surface area contributed by atoms with Gasteiger partial charge in [-0.2, -0.15) is 0 Å². The first-order chi connectivity index (χ1) is 11.7. The SMILES string of the molecule is COc1ccc(CN(Cc2ccccc2O)CC2CCCO2)cc1. The van der Waals surface area contributed by atoms with Gasteiger partial charge >= 0.3 is 0 Å². The number of methoxy groups -OCH3 is 1. The number of nitrogens with zero attached hydrogens (tertiary/aromatic N) is 1. The van der Waals surface area contributed by atoms with Gasteiger partial charge in [0.2, 0.25) is 0 Å². The molecule has 1 atom stereocenters. The highest BCUT2D eigenvalue weighted by Gasteiger charge is 2.20. The standard InChI is InChI=1S/C20H25NO3/c1-23-18-10-8-16(9-11-18)13-21(15-19-6-4-12-24-19)14-17-5-2-3-7-20(17)22/h2-3,5,7-11,19,22H,4,6,12-15H2,1H3. The highest BCUT2D eigenvalue weighted by atomic mass is 16.5. The summed E-state index contributed by atoms with van der Waals surface area (Å²) in [5, 5.41) is 10.1. The molecular weight excluding hydrogens is 302 g/mol. The van der Waals surface area contributed by atoms with E-state index < -0.39 is 0 Å². The fourth-order valence-electron chi connectivity index (χ4n) is 3.14. The van der Waals surface area contributed by atoms with Crippen molar-refractivity contribution in [2.24, 2.45) is 0 Å². The molecule has 3 rings (SSSR count). The van der Waals surface area contributed by atoms with Crippen molar-refractivity contribution in [1.82, 2.24) is 4.90 Å². The van der Waals surface area contributed by atoms with Gasteiger partial charge in [0.05, 0.1) is 13.2 Å². The lowest BCUT2D eigenvalue weighted by atomic mass is 10.1. The Morgan fingerprint density at radius 1 is 1.12 bits per heavy atom. The molecule has 0 aliphatic carbocycles. The van der Waals surface area contributed by atoms with Crippen LogP contribution in [0.4, 0.5) is 0 Å². The summed E-state index contributed by atoms with van der Waals surface area (Å²) >= 11 is 0. The first-order valence-electron chi connectivity index (χ1n) is 8.48. The van der Waals surface area contributed by atoms with Crippen molar-refractivity contribution in [2.75, 3.05) is 20.3 Å². The van der Waals surface area contributed by atoms with Gasteiger partial charge < -0.3 is 14.6 Å². The van der Waals surface area contributed by atoms with Crippen molar-refractivity contribution in [3.63, 3.8) is 0 Å². The van der Waals surface area contributed by atoms with Crippen LogP contribution < -0.4 is 4.74 Å². The summed E-state index contributed by atoms with van der Waals surface area (Å²) in [6, 6.07) is 15.7. The molecule has 1 saturated heterocycles. The normalized spacial score (nSPS) is 17.3. The minimum atomic E-state index is 0.286. The number of aromatic hydroxyl groups is 1. The zero-order valence-electron chi connectivity index (χ0n) is 14.1. The first kappa shape index (κ1) is 16.8. The van der Waals surface area contributed by atoms with Crippen molar-refractivity contribution in [3.05, 3.63) is 59.7 Å². The number of para-hydroxylation sites is 1. The van der Waals surface area contributed by atoms with Crippen LogP contribution in [-0.4, -0.2) is 36.4 Å². The Balaban J connectivity index is 1.71. The lowest BCUT2D eigenvalue weighted by Gasteiger charge is -2.25. The second-order valence-electron chi connectivity index (χ2n) is 6.28. The van der Waals surface area contributed by atoms with E-state index in [2.05, 4.69) is 17.0 Å². The zero-order valence-corrected chi connectivity index (χ0v) is 14.1. The first-order valence-corrected chi connectivity index (χ1v) is 8.48. The zero-order chi connectivity index (χ0) is 16.8. The van der Waals surface area contributed by atoms with Crippen molar-refractivity contribution in [2.45, 2.75) is 32.0 Å². The van der Waals surface area contributed by atoms with Crippen LogP contribution in [0.5, 0.6) is 11.5 Å². The summed E-state index contributed by atoms with van der Waals surface area (Å²) in [6.45, 7) is 3.26. The minimum Gasteiger partial charge on any atom is -0.508 e. The largest absolute Gasteiger partial charge is 0.508 e. The summed E-state index contributed by atoms with van der Waals surface area (Å²) in [6.07, 6.45) is 2.53. The van der Waals surface area contributed by atoms with Gasteiger partial charge in [0.25, 0.3) is 0 Å². The molecular formula is C20H25NO3. The summed E-state index contributed by atoms with van der Waals surface area (Å²) in [7, 11) is 1.68. The van der Waals surface area contributed by atoms with Crippen LogP contribution in [0.25, 0.3) is 0 Å². The molecule has 128 valence electrons. The predicted molar refractivity (Wildman–Crippen MR) is 94.2 cm³/mol. The van der Waals surface area contributed by atoms with E-state index in [0.29, 0.717) is 12.3 Å². The fourth-order valence-corrected chi connectivity index (χ4v) is 3.14. The molecule has 0 amide bonds. The maximum absolute atomic E-state index is 10.1. The maximum atomic E-state index is 10.1. The van der Waals surface area contributed by atoms with Crippen LogP contribution >= 0.6 is 0 Å². The molecule has 0 spiro atoms. The average molecular weight is 327 g/mol. The lowest BCUT2D eigenvalue weighted by Crippen LogP contribution is -2.31. The van der Waals surface area contributed by atoms with Gasteiger partial charge in [0.15, 0.2) is 0 Å². The Hall–Kier alpha value is -2.04. The average Bonchev–Trinajstić information content (AvgIpc) is 3.10. The molecule has 1 aliphatic heterocycles. The van der Waals surface area contributed by atoms with Crippen LogP contribution in [0.1, 0.15) is 24.0 Å². The van der Waals surface area contributed by atoms with Crippen LogP contribution in [0.2, 0.25) is 0 Å². The number of benzene rings is 2. The topological polar surface area (TPSA) is 41.9 Å². The Kier molecular flexibility index (Phi) is 5.72. The molecule has 0 saturated carbocycles. The summed E-state index contributed by atoms with van der Waals surface area (Å²) in [4.78, 5) is 2.34. The van der Waals surface area contributed by atoms with Gasteiger partial charge in [0.1, 0.15) is 11.5 Å². The number of ether oxygens (including phenoxy) is 2. The monoisotopic (exact) mass is 327 g/mol. The van der Waals surface area contributed by atoms with Gasteiger partial charge in [-0.25, -0.2) is 0 Å². The minimum absolute atomic E-state index is 0.286. The van der Waals surface area contributed by atoms with Crippen molar-refractivity contribution in [3.8, 4) is 11.5 Å². The van der Waals surface area contributed by atoms with Crippen LogP contribution in [-0.2, 0) is 17.8 Å². The fraction of sp³-hybridized carbons (Fsp3) is 0.400. The highest BCUT2D eigenvalue weighted by Crippen LogP contribution is 2.22. The second kappa shape index (κ2) is 8.18. The lowest BCUT2D eigenvalue weighted by molar-refractivity contribution is 0.0676. The van der Waals surface area contributed by atoms with E-state index in [-0.39, 0.29) is 6.10 Å². The van der Waals surface area contributed by atoms with Gasteiger partial charge in [-0.1, -0.05) is 30.3 Å². The van der Waals surface area contributed by atoms with E-state index in [1.54, 1.807) is 13.2 Å². The van der Waals surface area contributed by atoms with Crippen LogP contribution in [0.15, 0.2) is 48.5 Å². The number of rotatable bonds is 7. The van der Waals surface area contributed by atoms with Gasteiger partial charge in [-0.3, -0.25) is 4.90 Å². The van der Waals surface area contributed by atoms with E-state index in [1.807, 2.05) is 30.3 Å². The molecule has 2 aromatic carbocycles. The number of hydrogen-bond donors (Lipinski definition) is 1. The molecule has 1 fully saturated rings. The molecule has 0 radical (unpaired) electrons. The second-order valence-corrected chi connectivity index (χ2v) is 6.28. The van der Waals surface area contributed by atoms with E-state index >= 15 is 0 Å². The number of phenols is 1. The van der Waals surface area contributed by atoms with Crippen molar-refractivity contribution in [1.29, 1.82) is 0 Å². The molecule has 2 aromatic rings. The van der Waals surface area contributed by atoms with Gasteiger partial charge in [0, 0.05) is 31.8 Å². The van der Waals surface area contributed by atoms with E-state index in [4.69, 9.17) is 9.47 Å². The molecule has 1 aliphatic rings. The van der Waals surface area contributed by atoms with E-state index in [1.165, 1.54) is 5.56 Å². The predicted octanol–water partition coefficient (Wildman–Crippen LogP) is 3.58. The summed E-state index contributed by atoms with van der Waals surface area (Å²) in [5.41, 5.74) is 2.17. The van der Waals surface area contributed by atoms with Crippen LogP contribution in [0, 0.1) is 0 Å². The van der Waals surface area contributed by atoms with E-state index in [9.17, 15) is 5.11 Å². The van der Waals surface area contributed by atoms with Gasteiger partial charge in [-0.15, -0.1) is 0 Å². The third kappa shape index (κ3) is 4.49. The number of hydrogen-bond acceptors (Lipinski definition) is 4. The van der Waals surface area contributed by atoms with Crippen molar-refractivity contribution < 1.29 is 14.6 Å².